The maximum absolute atomic E-state index is 12.6. The summed E-state index contributed by atoms with van der Waals surface area (Å²) in [6.07, 6.45) is -4.10. The highest BCUT2D eigenvalue weighted by Crippen LogP contribution is 2.31. The van der Waals surface area contributed by atoms with Crippen LogP contribution in [0.5, 0.6) is 0 Å². The molecule has 1 amide bonds. The first-order valence-corrected chi connectivity index (χ1v) is 9.79. The first-order chi connectivity index (χ1) is 12.8. The van der Waals surface area contributed by atoms with Gasteiger partial charge in [0.1, 0.15) is 11.0 Å². The Morgan fingerprint density at radius 1 is 1.30 bits per heavy atom. The van der Waals surface area contributed by atoms with E-state index in [-0.39, 0.29) is 11.4 Å². The number of thiazole rings is 1. The summed E-state index contributed by atoms with van der Waals surface area (Å²) in [6, 6.07) is 3.78. The minimum absolute atomic E-state index is 0.0983. The molecular formula is C16H14F3N3O3S2. The van der Waals surface area contributed by atoms with Crippen molar-refractivity contribution >= 4 is 32.4 Å². The Balaban J connectivity index is 1.65. The predicted octanol–water partition coefficient (Wildman–Crippen LogP) is 1.86. The van der Waals surface area contributed by atoms with Crippen molar-refractivity contribution in [2.45, 2.75) is 25.2 Å². The summed E-state index contributed by atoms with van der Waals surface area (Å²) in [5.41, 5.74) is 0.303. The Kier molecular flexibility index (Phi) is 5.63. The van der Waals surface area contributed by atoms with Gasteiger partial charge < -0.3 is 10.6 Å². The van der Waals surface area contributed by atoms with Crippen molar-refractivity contribution in [3.05, 3.63) is 40.2 Å². The second-order valence-electron chi connectivity index (χ2n) is 5.76. The summed E-state index contributed by atoms with van der Waals surface area (Å²) in [4.78, 5) is 16.6. The third kappa shape index (κ3) is 4.54. The number of carbonyl (C=O) groups is 1. The molecule has 6 nitrogen and oxygen atoms in total. The fourth-order valence-corrected chi connectivity index (χ4v) is 4.03. The van der Waals surface area contributed by atoms with Crippen molar-refractivity contribution in [3.8, 4) is 11.3 Å². The first-order valence-electron chi connectivity index (χ1n) is 7.84. The van der Waals surface area contributed by atoms with Gasteiger partial charge >= 0.3 is 6.18 Å². The maximum Gasteiger partial charge on any atom is 0.416 e. The smallest absolute Gasteiger partial charge is 0.348 e. The number of benzene rings is 1. The molecule has 27 heavy (non-hydrogen) atoms. The van der Waals surface area contributed by atoms with E-state index in [0.29, 0.717) is 29.2 Å². The van der Waals surface area contributed by atoms with Crippen molar-refractivity contribution in [2.24, 2.45) is 0 Å². The molecule has 1 aliphatic heterocycles. The highest BCUT2D eigenvalue weighted by molar-refractivity contribution is 7.73. The molecule has 0 spiro atoms. The SMILES string of the molecule is O=C(NCc1nc(-c2ccc(C(F)(F)F)cc2)cs1)C1NCCC1=S(=O)=O. The molecule has 0 bridgehead atoms. The second kappa shape index (κ2) is 7.79. The van der Waals surface area contributed by atoms with Crippen LogP contribution >= 0.6 is 11.3 Å². The standard InChI is InChI=1S/C16H14F3N3O3S2/c17-16(18,19)10-3-1-9(2-4-10)11-8-26-13(22-11)7-21-15(23)14-12(27(24)25)5-6-20-14/h1-4,8,14,20H,5-7H2,(H,21,23). The lowest BCUT2D eigenvalue weighted by Crippen LogP contribution is -2.44. The molecule has 0 radical (unpaired) electrons. The fourth-order valence-electron chi connectivity index (χ4n) is 2.64. The van der Waals surface area contributed by atoms with Gasteiger partial charge in [-0.25, -0.2) is 4.98 Å². The van der Waals surface area contributed by atoms with Crippen LogP contribution in [0.4, 0.5) is 13.2 Å². The number of amides is 1. The number of nitrogens with zero attached hydrogens (tertiary/aromatic N) is 1. The quantitative estimate of drug-likeness (QED) is 0.742. The number of nitrogens with one attached hydrogen (secondary N) is 2. The average molecular weight is 417 g/mol. The highest BCUT2D eigenvalue weighted by atomic mass is 32.2. The van der Waals surface area contributed by atoms with Crippen molar-refractivity contribution in [1.82, 2.24) is 15.6 Å². The molecule has 1 unspecified atom stereocenters. The largest absolute Gasteiger partial charge is 0.416 e. The topological polar surface area (TPSA) is 88.2 Å². The zero-order chi connectivity index (χ0) is 19.6. The minimum atomic E-state index is -4.39. The Labute approximate surface area is 158 Å². The molecule has 1 aromatic heterocycles. The van der Waals surface area contributed by atoms with E-state index < -0.39 is 34.0 Å². The number of hydrogen-bond donors (Lipinski definition) is 2. The van der Waals surface area contributed by atoms with Gasteiger partial charge in [-0.15, -0.1) is 11.3 Å². The number of halogens is 3. The van der Waals surface area contributed by atoms with Gasteiger partial charge in [-0.1, -0.05) is 12.1 Å². The number of alkyl halides is 3. The van der Waals surface area contributed by atoms with Crippen molar-refractivity contribution < 1.29 is 26.4 Å². The van der Waals surface area contributed by atoms with E-state index in [9.17, 15) is 26.4 Å². The van der Waals surface area contributed by atoms with Crippen LogP contribution in [0, 0.1) is 0 Å². The molecule has 0 saturated carbocycles. The van der Waals surface area contributed by atoms with Crippen LogP contribution in [0.15, 0.2) is 29.6 Å². The summed E-state index contributed by atoms with van der Waals surface area (Å²) < 4.78 is 60.0. The number of aromatic nitrogens is 1. The lowest BCUT2D eigenvalue weighted by atomic mass is 10.1. The molecule has 144 valence electrons. The lowest BCUT2D eigenvalue weighted by Gasteiger charge is -2.09. The monoisotopic (exact) mass is 417 g/mol. The molecule has 1 aliphatic rings. The third-order valence-electron chi connectivity index (χ3n) is 3.99. The Morgan fingerprint density at radius 2 is 2.00 bits per heavy atom. The molecule has 2 N–H and O–H groups in total. The van der Waals surface area contributed by atoms with E-state index >= 15 is 0 Å². The minimum Gasteiger partial charge on any atom is -0.348 e. The zero-order valence-corrected chi connectivity index (χ0v) is 15.3. The summed E-state index contributed by atoms with van der Waals surface area (Å²) in [5, 5.41) is 7.68. The molecule has 1 aromatic carbocycles. The summed E-state index contributed by atoms with van der Waals surface area (Å²) in [7, 11) is -2.42. The van der Waals surface area contributed by atoms with Crippen LogP contribution < -0.4 is 10.6 Å². The molecule has 0 aliphatic carbocycles. The van der Waals surface area contributed by atoms with Crippen LogP contribution in [0.2, 0.25) is 0 Å². The van der Waals surface area contributed by atoms with Crippen molar-refractivity contribution in [2.75, 3.05) is 6.54 Å². The van der Waals surface area contributed by atoms with Gasteiger partial charge in [0.25, 0.3) is 0 Å². The number of hydrogen-bond acceptors (Lipinski definition) is 6. The van der Waals surface area contributed by atoms with Gasteiger partial charge in [0.15, 0.2) is 0 Å². The lowest BCUT2D eigenvalue weighted by molar-refractivity contribution is -0.137. The summed E-state index contributed by atoms with van der Waals surface area (Å²) in [5.74, 6) is -0.460. The highest BCUT2D eigenvalue weighted by Gasteiger charge is 2.31. The zero-order valence-electron chi connectivity index (χ0n) is 13.7. The van der Waals surface area contributed by atoms with Crippen molar-refractivity contribution in [3.63, 3.8) is 0 Å². The third-order valence-corrected chi connectivity index (χ3v) is 5.71. The summed E-state index contributed by atoms with van der Waals surface area (Å²) in [6.45, 7) is 0.512. The van der Waals surface area contributed by atoms with Gasteiger partial charge in [0.2, 0.25) is 16.2 Å². The molecule has 1 saturated heterocycles. The van der Waals surface area contributed by atoms with E-state index in [1.165, 1.54) is 23.5 Å². The second-order valence-corrected chi connectivity index (χ2v) is 7.69. The van der Waals surface area contributed by atoms with E-state index in [0.717, 1.165) is 12.1 Å². The summed E-state index contributed by atoms with van der Waals surface area (Å²) >= 11 is 1.25. The van der Waals surface area contributed by atoms with Crippen LogP contribution in [-0.2, 0) is 27.8 Å². The molecule has 1 atom stereocenters. The van der Waals surface area contributed by atoms with Crippen LogP contribution in [-0.4, -0.2) is 36.8 Å². The van der Waals surface area contributed by atoms with E-state index in [4.69, 9.17) is 0 Å². The van der Waals surface area contributed by atoms with Gasteiger partial charge in [-0.3, -0.25) is 4.79 Å². The predicted molar refractivity (Wildman–Crippen MR) is 94.7 cm³/mol. The van der Waals surface area contributed by atoms with Crippen molar-refractivity contribution in [1.29, 1.82) is 0 Å². The molecule has 2 aromatic rings. The van der Waals surface area contributed by atoms with Gasteiger partial charge in [-0.2, -0.15) is 21.6 Å². The fraction of sp³-hybridized carbons (Fsp3) is 0.312. The van der Waals surface area contributed by atoms with Gasteiger partial charge in [0, 0.05) is 17.5 Å². The van der Waals surface area contributed by atoms with E-state index in [2.05, 4.69) is 15.6 Å². The molecule has 1 fully saturated rings. The van der Waals surface area contributed by atoms with Crippen LogP contribution in [0.3, 0.4) is 0 Å². The van der Waals surface area contributed by atoms with Gasteiger partial charge in [-0.05, 0) is 18.6 Å². The molecule has 3 rings (SSSR count). The molecule has 11 heteroatoms. The van der Waals surface area contributed by atoms with Gasteiger partial charge in [0.05, 0.1) is 22.7 Å². The van der Waals surface area contributed by atoms with E-state index in [1.807, 2.05) is 0 Å². The normalized spacial score (nSPS) is 17.1. The first kappa shape index (κ1) is 19.5. The Bertz CT molecular complexity index is 974. The van der Waals surface area contributed by atoms with Crippen LogP contribution in [0.25, 0.3) is 11.3 Å². The Morgan fingerprint density at radius 3 is 2.63 bits per heavy atom. The molecule has 2 heterocycles. The maximum atomic E-state index is 12.6. The Hall–Kier alpha value is -2.24. The van der Waals surface area contributed by atoms with Crippen LogP contribution in [0.1, 0.15) is 17.0 Å². The number of rotatable bonds is 4. The number of carbonyl (C=O) groups excluding carboxylic acids is 1. The average Bonchev–Trinajstić information content (AvgIpc) is 3.28. The van der Waals surface area contributed by atoms with E-state index in [1.54, 1.807) is 5.38 Å². The molecular weight excluding hydrogens is 403 g/mol.